The van der Waals surface area contributed by atoms with Gasteiger partial charge in [0.1, 0.15) is 16.5 Å². The molecule has 0 spiro atoms. The summed E-state index contributed by atoms with van der Waals surface area (Å²) in [5, 5.41) is 10.3. The highest BCUT2D eigenvalue weighted by Crippen LogP contribution is 2.42. The molecule has 8 heteroatoms. The van der Waals surface area contributed by atoms with E-state index in [1.807, 2.05) is 6.92 Å². The highest BCUT2D eigenvalue weighted by molar-refractivity contribution is 7.99. The molecule has 0 aliphatic heterocycles. The van der Waals surface area contributed by atoms with E-state index in [0.717, 1.165) is 46.3 Å². The molecule has 0 aromatic carbocycles. The second-order valence-corrected chi connectivity index (χ2v) is 10.3. The Morgan fingerprint density at radius 3 is 2.89 bits per heavy atom. The van der Waals surface area contributed by atoms with Gasteiger partial charge >= 0.3 is 0 Å². The van der Waals surface area contributed by atoms with Gasteiger partial charge in [0.25, 0.3) is 5.56 Å². The molecule has 2 aliphatic carbocycles. The quantitative estimate of drug-likeness (QED) is 0.663. The Balaban J connectivity index is 1.49. The first kappa shape index (κ1) is 17.4. The summed E-state index contributed by atoms with van der Waals surface area (Å²) < 4.78 is 2.23. The Hall–Kier alpha value is -1.67. The number of aromatic amines is 1. The maximum Gasteiger partial charge on any atom is 0.259 e. The van der Waals surface area contributed by atoms with E-state index in [9.17, 15) is 4.79 Å². The fourth-order valence-corrected chi connectivity index (χ4v) is 6.37. The van der Waals surface area contributed by atoms with Gasteiger partial charge in [0, 0.05) is 10.9 Å². The van der Waals surface area contributed by atoms with Crippen LogP contribution >= 0.6 is 23.1 Å². The van der Waals surface area contributed by atoms with Crippen molar-refractivity contribution in [3.05, 3.63) is 32.4 Å². The number of aromatic nitrogens is 5. The van der Waals surface area contributed by atoms with Crippen molar-refractivity contribution in [2.24, 2.45) is 5.92 Å². The van der Waals surface area contributed by atoms with E-state index in [4.69, 9.17) is 4.98 Å². The Labute approximate surface area is 165 Å². The first-order chi connectivity index (χ1) is 13.0. The zero-order valence-corrected chi connectivity index (χ0v) is 17.4. The Morgan fingerprint density at radius 1 is 1.30 bits per heavy atom. The average Bonchev–Trinajstić information content (AvgIpc) is 3.29. The summed E-state index contributed by atoms with van der Waals surface area (Å²) in [6.07, 6.45) is 5.61. The molecule has 27 heavy (non-hydrogen) atoms. The summed E-state index contributed by atoms with van der Waals surface area (Å²) in [5.74, 6) is 2.38. The zero-order chi connectivity index (χ0) is 18.7. The topological polar surface area (TPSA) is 76.5 Å². The third kappa shape index (κ3) is 3.02. The first-order valence-electron chi connectivity index (χ1n) is 9.64. The van der Waals surface area contributed by atoms with Crippen molar-refractivity contribution in [3.8, 4) is 0 Å². The van der Waals surface area contributed by atoms with Crippen LogP contribution in [0.5, 0.6) is 0 Å². The lowest BCUT2D eigenvalue weighted by Crippen LogP contribution is -2.15. The molecule has 0 radical (unpaired) electrons. The van der Waals surface area contributed by atoms with Crippen molar-refractivity contribution in [2.75, 3.05) is 0 Å². The average molecular weight is 402 g/mol. The van der Waals surface area contributed by atoms with Gasteiger partial charge in [-0.05, 0) is 57.4 Å². The fourth-order valence-electron chi connectivity index (χ4n) is 3.96. The standard InChI is InChI=1S/C19H23N5OS2/c1-9-4-7-13-14(8-9)27-18-15(13)17(25)20-16(21-18)10(2)26-19-23-22-11(3)24(19)12-5-6-12/h9-10,12H,4-8H2,1-3H3,(H,20,21,25)/t9-,10+/m1/s1. The summed E-state index contributed by atoms with van der Waals surface area (Å²) in [5.41, 5.74) is 1.24. The molecule has 142 valence electrons. The summed E-state index contributed by atoms with van der Waals surface area (Å²) >= 11 is 3.33. The van der Waals surface area contributed by atoms with Gasteiger partial charge in [-0.1, -0.05) is 18.7 Å². The summed E-state index contributed by atoms with van der Waals surface area (Å²) in [6.45, 7) is 6.36. The predicted molar refractivity (Wildman–Crippen MR) is 109 cm³/mol. The molecule has 0 unspecified atom stereocenters. The number of H-pyrrole nitrogens is 1. The van der Waals surface area contributed by atoms with E-state index in [-0.39, 0.29) is 10.8 Å². The normalized spacial score (nSPS) is 20.8. The second kappa shape index (κ2) is 6.44. The number of thioether (sulfide) groups is 1. The molecular formula is C19H23N5OS2. The molecule has 5 rings (SSSR count). The summed E-state index contributed by atoms with van der Waals surface area (Å²) in [4.78, 5) is 23.0. The van der Waals surface area contributed by atoms with Crippen LogP contribution in [0, 0.1) is 12.8 Å². The first-order valence-corrected chi connectivity index (χ1v) is 11.3. The van der Waals surface area contributed by atoms with Crippen LogP contribution in [0.3, 0.4) is 0 Å². The lowest BCUT2D eigenvalue weighted by Gasteiger charge is -2.17. The largest absolute Gasteiger partial charge is 0.309 e. The van der Waals surface area contributed by atoms with Crippen LogP contribution in [0.2, 0.25) is 0 Å². The lowest BCUT2D eigenvalue weighted by atomic mass is 9.89. The van der Waals surface area contributed by atoms with Crippen LogP contribution in [0.15, 0.2) is 9.95 Å². The van der Waals surface area contributed by atoms with Crippen molar-refractivity contribution in [1.29, 1.82) is 0 Å². The van der Waals surface area contributed by atoms with E-state index in [1.54, 1.807) is 23.1 Å². The molecule has 0 saturated heterocycles. The summed E-state index contributed by atoms with van der Waals surface area (Å²) in [7, 11) is 0. The molecule has 3 heterocycles. The molecule has 0 bridgehead atoms. The Morgan fingerprint density at radius 2 is 2.11 bits per heavy atom. The molecule has 1 saturated carbocycles. The van der Waals surface area contributed by atoms with Gasteiger partial charge in [0.05, 0.1) is 10.6 Å². The van der Waals surface area contributed by atoms with Crippen LogP contribution < -0.4 is 5.56 Å². The molecular weight excluding hydrogens is 378 g/mol. The van der Waals surface area contributed by atoms with Gasteiger partial charge in [0.15, 0.2) is 5.16 Å². The fraction of sp³-hybridized carbons (Fsp3) is 0.579. The highest BCUT2D eigenvalue weighted by Gasteiger charge is 2.30. The number of nitrogens with zero attached hydrogens (tertiary/aromatic N) is 4. The number of nitrogens with one attached hydrogen (secondary N) is 1. The van der Waals surface area contributed by atoms with E-state index in [2.05, 4.69) is 33.6 Å². The van der Waals surface area contributed by atoms with Crippen molar-refractivity contribution >= 4 is 33.3 Å². The molecule has 3 aromatic heterocycles. The monoisotopic (exact) mass is 401 g/mol. The number of hydrogen-bond donors (Lipinski definition) is 1. The smallest absolute Gasteiger partial charge is 0.259 e. The van der Waals surface area contributed by atoms with Gasteiger partial charge in [-0.25, -0.2) is 4.98 Å². The zero-order valence-electron chi connectivity index (χ0n) is 15.8. The molecule has 1 N–H and O–H groups in total. The van der Waals surface area contributed by atoms with Crippen LogP contribution in [-0.4, -0.2) is 24.7 Å². The van der Waals surface area contributed by atoms with Gasteiger partial charge in [0.2, 0.25) is 0 Å². The van der Waals surface area contributed by atoms with Crippen LogP contribution in [0.25, 0.3) is 10.2 Å². The van der Waals surface area contributed by atoms with Gasteiger partial charge in [-0.3, -0.25) is 4.79 Å². The van der Waals surface area contributed by atoms with Gasteiger partial charge in [-0.2, -0.15) is 0 Å². The SMILES string of the molecule is Cc1nnc(S[C@@H](C)c2nc3sc4c(c3c(=O)[nH]2)CC[C@@H](C)C4)n1C1CC1. The van der Waals surface area contributed by atoms with E-state index < -0.39 is 0 Å². The molecule has 2 aliphatic rings. The number of thiophene rings is 1. The Kier molecular flexibility index (Phi) is 4.16. The number of hydrogen-bond acceptors (Lipinski definition) is 6. The number of rotatable bonds is 4. The molecule has 0 amide bonds. The summed E-state index contributed by atoms with van der Waals surface area (Å²) in [6, 6.07) is 0.537. The van der Waals surface area contributed by atoms with Gasteiger partial charge < -0.3 is 9.55 Å². The molecule has 2 atom stereocenters. The minimum Gasteiger partial charge on any atom is -0.309 e. The maximum absolute atomic E-state index is 12.8. The minimum absolute atomic E-state index is 0.00865. The van der Waals surface area contributed by atoms with Crippen LogP contribution in [-0.2, 0) is 12.8 Å². The second-order valence-electron chi connectivity index (χ2n) is 7.87. The van der Waals surface area contributed by atoms with E-state index >= 15 is 0 Å². The molecule has 6 nitrogen and oxygen atoms in total. The number of aryl methyl sites for hydroxylation is 2. The van der Waals surface area contributed by atoms with E-state index in [1.165, 1.54) is 23.3 Å². The minimum atomic E-state index is 0.00865. The van der Waals surface area contributed by atoms with Gasteiger partial charge in [-0.15, -0.1) is 21.5 Å². The van der Waals surface area contributed by atoms with E-state index in [0.29, 0.717) is 12.0 Å². The molecule has 1 fully saturated rings. The van der Waals surface area contributed by atoms with Crippen LogP contribution in [0.4, 0.5) is 0 Å². The van der Waals surface area contributed by atoms with Crippen molar-refractivity contribution in [3.63, 3.8) is 0 Å². The highest BCUT2D eigenvalue weighted by atomic mass is 32.2. The van der Waals surface area contributed by atoms with Crippen molar-refractivity contribution < 1.29 is 0 Å². The predicted octanol–water partition coefficient (Wildman–Crippen LogP) is 4.20. The third-order valence-corrected chi connectivity index (χ3v) is 7.81. The lowest BCUT2D eigenvalue weighted by molar-refractivity contribution is 0.509. The van der Waals surface area contributed by atoms with Crippen LogP contribution in [0.1, 0.15) is 66.5 Å². The Bertz CT molecular complexity index is 1080. The van der Waals surface area contributed by atoms with Crippen molar-refractivity contribution in [2.45, 2.75) is 69.3 Å². The molecule has 3 aromatic rings. The number of fused-ring (bicyclic) bond motifs is 3. The maximum atomic E-state index is 12.8. The third-order valence-electron chi connectivity index (χ3n) is 5.60. The van der Waals surface area contributed by atoms with Crippen molar-refractivity contribution in [1.82, 2.24) is 24.7 Å².